The molecule has 0 atom stereocenters. The predicted molar refractivity (Wildman–Crippen MR) is 83.3 cm³/mol. The van der Waals surface area contributed by atoms with Crippen LogP contribution in [-0.4, -0.2) is 16.5 Å². The van der Waals surface area contributed by atoms with Crippen molar-refractivity contribution in [1.29, 1.82) is 0 Å². The molecule has 102 valence electrons. The second kappa shape index (κ2) is 5.21. The van der Waals surface area contributed by atoms with E-state index in [4.69, 9.17) is 4.98 Å². The lowest BCUT2D eigenvalue weighted by molar-refractivity contribution is 0.688. The molecule has 1 saturated carbocycles. The Labute approximate surface area is 122 Å². The molecule has 0 aromatic carbocycles. The second-order valence-corrected chi connectivity index (χ2v) is 7.44. The molecule has 0 saturated heterocycles. The van der Waals surface area contributed by atoms with Gasteiger partial charge in [-0.2, -0.15) is 0 Å². The van der Waals surface area contributed by atoms with Crippen molar-refractivity contribution >= 4 is 27.8 Å². The van der Waals surface area contributed by atoms with E-state index in [-0.39, 0.29) is 0 Å². The lowest BCUT2D eigenvalue weighted by Gasteiger charge is -2.04. The van der Waals surface area contributed by atoms with Gasteiger partial charge in [-0.25, -0.2) is 9.97 Å². The zero-order valence-corrected chi connectivity index (χ0v) is 13.2. The van der Waals surface area contributed by atoms with Crippen molar-refractivity contribution in [3.8, 4) is 10.6 Å². The summed E-state index contributed by atoms with van der Waals surface area (Å²) in [5, 5.41) is 7.85. The molecule has 1 aliphatic carbocycles. The van der Waals surface area contributed by atoms with Crippen LogP contribution in [0.15, 0.2) is 5.38 Å². The van der Waals surface area contributed by atoms with E-state index in [1.807, 2.05) is 11.3 Å². The van der Waals surface area contributed by atoms with Gasteiger partial charge in [-0.05, 0) is 25.7 Å². The summed E-state index contributed by atoms with van der Waals surface area (Å²) in [4.78, 5) is 10.6. The Morgan fingerprint density at radius 3 is 2.84 bits per heavy atom. The van der Waals surface area contributed by atoms with E-state index in [0.29, 0.717) is 5.92 Å². The Morgan fingerprint density at radius 2 is 2.16 bits per heavy atom. The van der Waals surface area contributed by atoms with E-state index in [1.54, 1.807) is 11.3 Å². The van der Waals surface area contributed by atoms with Crippen LogP contribution in [0.25, 0.3) is 10.6 Å². The van der Waals surface area contributed by atoms with Gasteiger partial charge in [0.2, 0.25) is 0 Å². The van der Waals surface area contributed by atoms with Crippen molar-refractivity contribution in [1.82, 2.24) is 9.97 Å². The molecule has 2 heterocycles. The van der Waals surface area contributed by atoms with E-state index in [1.165, 1.54) is 22.7 Å². The molecule has 0 aliphatic heterocycles. The number of aryl methyl sites for hydroxylation is 1. The molecule has 1 fully saturated rings. The summed E-state index contributed by atoms with van der Waals surface area (Å²) in [6, 6.07) is 0. The van der Waals surface area contributed by atoms with Crippen molar-refractivity contribution in [3.63, 3.8) is 0 Å². The molecule has 0 spiro atoms. The third kappa shape index (κ3) is 2.98. The van der Waals surface area contributed by atoms with Crippen molar-refractivity contribution in [2.45, 2.75) is 39.5 Å². The molecular formula is C14H19N3S2. The van der Waals surface area contributed by atoms with Gasteiger partial charge in [-0.1, -0.05) is 13.8 Å². The smallest absolute Gasteiger partial charge is 0.183 e. The third-order valence-electron chi connectivity index (χ3n) is 3.14. The Bertz CT molecular complexity index is 567. The van der Waals surface area contributed by atoms with E-state index < -0.39 is 0 Å². The number of nitrogens with one attached hydrogen (secondary N) is 1. The van der Waals surface area contributed by atoms with Gasteiger partial charge in [0.1, 0.15) is 0 Å². The number of anilines is 1. The number of aromatic nitrogens is 2. The van der Waals surface area contributed by atoms with Gasteiger partial charge in [0.15, 0.2) is 5.13 Å². The maximum absolute atomic E-state index is 4.70. The van der Waals surface area contributed by atoms with Crippen LogP contribution in [-0.2, 0) is 0 Å². The van der Waals surface area contributed by atoms with Gasteiger partial charge in [0.05, 0.1) is 21.3 Å². The Balaban J connectivity index is 1.78. The molecule has 19 heavy (non-hydrogen) atoms. The lowest BCUT2D eigenvalue weighted by atomic mass is 10.2. The van der Waals surface area contributed by atoms with Crippen LogP contribution in [0.1, 0.15) is 43.3 Å². The molecule has 3 nitrogen and oxygen atoms in total. The van der Waals surface area contributed by atoms with Crippen LogP contribution < -0.4 is 5.32 Å². The summed E-state index contributed by atoms with van der Waals surface area (Å²) in [5.41, 5.74) is 2.21. The minimum Gasteiger partial charge on any atom is -0.361 e. The van der Waals surface area contributed by atoms with Gasteiger partial charge < -0.3 is 5.32 Å². The molecule has 0 amide bonds. The summed E-state index contributed by atoms with van der Waals surface area (Å²) in [6.07, 6.45) is 2.62. The molecule has 1 aliphatic rings. The zero-order chi connectivity index (χ0) is 13.4. The lowest BCUT2D eigenvalue weighted by Crippen LogP contribution is -2.07. The molecule has 3 rings (SSSR count). The first-order chi connectivity index (χ1) is 9.13. The first-order valence-corrected chi connectivity index (χ1v) is 8.50. The third-order valence-corrected chi connectivity index (χ3v) is 5.28. The van der Waals surface area contributed by atoms with Crippen molar-refractivity contribution in [3.05, 3.63) is 16.1 Å². The number of hydrogen-bond donors (Lipinski definition) is 1. The molecule has 2 aromatic rings. The standard InChI is InChI=1S/C14H19N3S2/c1-8(2)6-15-14-17-11(7-18-14)12-9(3)16-13(19-12)10-4-5-10/h7-8,10H,4-6H2,1-3H3,(H,15,17). The minimum absolute atomic E-state index is 0.638. The second-order valence-electron chi connectivity index (χ2n) is 5.55. The first kappa shape index (κ1) is 13.1. The van der Waals surface area contributed by atoms with Crippen LogP contribution in [0.3, 0.4) is 0 Å². The molecule has 0 unspecified atom stereocenters. The number of hydrogen-bond acceptors (Lipinski definition) is 5. The van der Waals surface area contributed by atoms with Crippen molar-refractivity contribution < 1.29 is 0 Å². The van der Waals surface area contributed by atoms with Crippen molar-refractivity contribution in [2.75, 3.05) is 11.9 Å². The van der Waals surface area contributed by atoms with Crippen LogP contribution >= 0.6 is 22.7 Å². The van der Waals surface area contributed by atoms with E-state index >= 15 is 0 Å². The van der Waals surface area contributed by atoms with Crippen LogP contribution in [0, 0.1) is 12.8 Å². The fourth-order valence-electron chi connectivity index (χ4n) is 1.91. The van der Waals surface area contributed by atoms with Gasteiger partial charge in [0, 0.05) is 17.8 Å². The monoisotopic (exact) mass is 293 g/mol. The number of nitrogens with zero attached hydrogens (tertiary/aromatic N) is 2. The van der Waals surface area contributed by atoms with Gasteiger partial charge in [0.25, 0.3) is 0 Å². The minimum atomic E-state index is 0.638. The molecule has 5 heteroatoms. The highest BCUT2D eigenvalue weighted by Crippen LogP contribution is 2.44. The van der Waals surface area contributed by atoms with Crippen molar-refractivity contribution in [2.24, 2.45) is 5.92 Å². The maximum atomic E-state index is 4.70. The fraction of sp³-hybridized carbons (Fsp3) is 0.571. The van der Waals surface area contributed by atoms with Crippen LogP contribution in [0.2, 0.25) is 0 Å². The summed E-state index contributed by atoms with van der Waals surface area (Å²) in [5.74, 6) is 1.37. The first-order valence-electron chi connectivity index (χ1n) is 6.80. The molecule has 2 aromatic heterocycles. The van der Waals surface area contributed by atoms with E-state index in [9.17, 15) is 0 Å². The highest BCUT2D eigenvalue weighted by Gasteiger charge is 2.28. The normalized spacial score (nSPS) is 15.2. The summed E-state index contributed by atoms with van der Waals surface area (Å²) >= 11 is 3.51. The average molecular weight is 293 g/mol. The highest BCUT2D eigenvalue weighted by atomic mass is 32.1. The summed E-state index contributed by atoms with van der Waals surface area (Å²) in [7, 11) is 0. The van der Waals surface area contributed by atoms with Gasteiger partial charge in [-0.3, -0.25) is 0 Å². The van der Waals surface area contributed by atoms with E-state index in [0.717, 1.165) is 29.0 Å². The van der Waals surface area contributed by atoms with Crippen LogP contribution in [0.4, 0.5) is 5.13 Å². The van der Waals surface area contributed by atoms with Gasteiger partial charge >= 0.3 is 0 Å². The summed E-state index contributed by atoms with van der Waals surface area (Å²) in [6.45, 7) is 7.48. The quantitative estimate of drug-likeness (QED) is 0.880. The van der Waals surface area contributed by atoms with E-state index in [2.05, 4.69) is 36.5 Å². The van der Waals surface area contributed by atoms with Gasteiger partial charge in [-0.15, -0.1) is 22.7 Å². The topological polar surface area (TPSA) is 37.8 Å². The number of thiazole rings is 2. The Morgan fingerprint density at radius 1 is 1.37 bits per heavy atom. The molecule has 0 radical (unpaired) electrons. The molecule has 0 bridgehead atoms. The van der Waals surface area contributed by atoms with Crippen LogP contribution in [0.5, 0.6) is 0 Å². The SMILES string of the molecule is Cc1nc(C2CC2)sc1-c1csc(NCC(C)C)n1. The molecular weight excluding hydrogens is 274 g/mol. The summed E-state index contributed by atoms with van der Waals surface area (Å²) < 4.78 is 0. The largest absolute Gasteiger partial charge is 0.361 e. The molecule has 1 N–H and O–H groups in total. The zero-order valence-electron chi connectivity index (χ0n) is 11.6. The average Bonchev–Trinajstić information content (AvgIpc) is 2.98. The predicted octanol–water partition coefficient (Wildman–Crippen LogP) is 4.52. The number of rotatable bonds is 5. The Hall–Kier alpha value is -0.940. The maximum Gasteiger partial charge on any atom is 0.183 e. The fourth-order valence-corrected chi connectivity index (χ4v) is 3.89. The Kier molecular flexibility index (Phi) is 3.58. The highest BCUT2D eigenvalue weighted by molar-refractivity contribution is 7.17.